The summed E-state index contributed by atoms with van der Waals surface area (Å²) in [6, 6.07) is 0. The Kier molecular flexibility index (Phi) is 32.9. The fourth-order valence-corrected chi connectivity index (χ4v) is 24.4. The van der Waals surface area contributed by atoms with Gasteiger partial charge >= 0.3 is 5.97 Å². The number of ether oxygens (including phenoxy) is 20. The van der Waals surface area contributed by atoms with E-state index in [4.69, 9.17) is 94.7 Å². The van der Waals surface area contributed by atoms with Crippen molar-refractivity contribution in [1.29, 1.82) is 0 Å². The van der Waals surface area contributed by atoms with Gasteiger partial charge in [-0.3, -0.25) is 4.79 Å². The standard InChI is InChI=1S/C87H142O48/c1-29-44(94)50(100)58(108)74(120-29)130-67-38(24-91)125-77(64(114)56(67)106)132-66-36(22-89)123-71(61(111)54(66)104)118-27-39-48(98)52(102)60(110)78(127-39)135-81(115)87-18-16-82(3,4)20-32(87)31-10-11-42-84(7)14-13-43(83(5,6)41(84)12-15-86(42,9)85(31,8)17-19-87)128-73-62(112)53(103)65(30(2)121-73)129-79-70(46(96)34(93)25-116-79)134-80-69(45(95)33(92)26-117-80)133-72-57(107)49(99)40(28-119-72)126-75-63(113)55(105)68(37(23-90)124-75)131-76-59(109)51(101)47(97)35(21-88)122-76/h10,29-30,32-80,88-114H,11-28H2,1-9H3/t29-,30+,32-,33+,34+,35-,36-,37-,38-,39-,40-,41-,42-,43-,44-,45+,46+,47-,48-,49+,50+,51+,52+,53+,54-,55-,56-,57-,58+,59-,60-,61-,62-,63-,64-,65+,66-,67-,68-,69-,70-,71-,72+,73+,74+,75+,76+,77+,78+,79+,80+,84-,85+,86-,87+/m1/s1. The van der Waals surface area contributed by atoms with Crippen LogP contribution in [0.4, 0.5) is 0 Å². The minimum absolute atomic E-state index is 0.0290. The van der Waals surface area contributed by atoms with Gasteiger partial charge in [-0.25, -0.2) is 0 Å². The van der Waals surface area contributed by atoms with Crippen LogP contribution in [0.3, 0.4) is 0 Å². The summed E-state index contributed by atoms with van der Waals surface area (Å²) in [5.74, 6) is -0.914. The molecular formula is C87H142O48. The van der Waals surface area contributed by atoms with E-state index in [1.807, 2.05) is 0 Å². The van der Waals surface area contributed by atoms with Gasteiger partial charge in [0.15, 0.2) is 56.6 Å². The third-order valence-electron chi connectivity index (χ3n) is 32.8. The van der Waals surface area contributed by atoms with Crippen LogP contribution in [0.2, 0.25) is 0 Å². The van der Waals surface area contributed by atoms with E-state index in [2.05, 4.69) is 54.5 Å². The number of hydrogen-bond acceptors (Lipinski definition) is 48. The summed E-state index contributed by atoms with van der Waals surface area (Å²) in [4.78, 5) is 15.5. The van der Waals surface area contributed by atoms with Crippen molar-refractivity contribution < 1.29 is 237 Å². The van der Waals surface area contributed by atoms with E-state index < -0.39 is 370 Å². The van der Waals surface area contributed by atoms with Crippen molar-refractivity contribution in [3.05, 3.63) is 11.6 Å². The van der Waals surface area contributed by atoms with E-state index in [-0.39, 0.29) is 34.0 Å². The molecule has 0 unspecified atom stereocenters. The number of aliphatic hydroxyl groups excluding tert-OH is 27. The highest BCUT2D eigenvalue weighted by Gasteiger charge is 2.72. The molecule has 135 heavy (non-hydrogen) atoms. The summed E-state index contributed by atoms with van der Waals surface area (Å²) in [6.45, 7) is 12.3. The molecule has 0 radical (unpaired) electrons. The number of allylic oxidation sites excluding steroid dienone is 2. The summed E-state index contributed by atoms with van der Waals surface area (Å²) < 4.78 is 118. The minimum Gasteiger partial charge on any atom is -0.432 e. The molecule has 4 saturated carbocycles. The molecular weight excluding hydrogens is 1810 g/mol. The van der Waals surface area contributed by atoms with E-state index in [9.17, 15) is 138 Å². The van der Waals surface area contributed by atoms with Gasteiger partial charge in [-0.1, -0.05) is 60.1 Å². The van der Waals surface area contributed by atoms with Gasteiger partial charge in [0.1, 0.15) is 214 Å². The number of rotatable bonds is 25. The molecule has 0 aromatic rings. The Morgan fingerprint density at radius 1 is 0.356 bits per heavy atom. The van der Waals surface area contributed by atoms with E-state index in [0.29, 0.717) is 51.4 Å². The lowest BCUT2D eigenvalue weighted by atomic mass is 9.33. The smallest absolute Gasteiger partial charge is 0.315 e. The maximum Gasteiger partial charge on any atom is 0.315 e. The van der Waals surface area contributed by atoms with Crippen LogP contribution in [0.15, 0.2) is 11.6 Å². The molecule has 48 nitrogen and oxygen atoms in total. The van der Waals surface area contributed by atoms with E-state index in [1.54, 1.807) is 6.92 Å². The number of aliphatic hydroxyl groups is 27. The summed E-state index contributed by atoms with van der Waals surface area (Å²) in [7, 11) is 0. The van der Waals surface area contributed by atoms with Crippen molar-refractivity contribution >= 4 is 5.97 Å². The lowest BCUT2D eigenvalue weighted by Gasteiger charge is -2.71. The minimum atomic E-state index is -2.10. The first-order valence-corrected chi connectivity index (χ1v) is 46.8. The Hall–Kier alpha value is -2.63. The third kappa shape index (κ3) is 19.7. The normalized spacial score (nSPS) is 54.6. The Labute approximate surface area is 776 Å². The number of hydrogen-bond donors (Lipinski definition) is 27. The van der Waals surface area contributed by atoms with Gasteiger partial charge in [-0.15, -0.1) is 0 Å². The third-order valence-corrected chi connectivity index (χ3v) is 32.8. The summed E-state index contributed by atoms with van der Waals surface area (Å²) in [5.41, 5.74) is -1.98. The molecule has 778 valence electrons. The van der Waals surface area contributed by atoms with Gasteiger partial charge in [0, 0.05) is 0 Å². The van der Waals surface area contributed by atoms with Gasteiger partial charge < -0.3 is 233 Å². The molecule has 0 spiro atoms. The average Bonchev–Trinajstić information content (AvgIpc) is 0.672. The summed E-state index contributed by atoms with van der Waals surface area (Å²) in [5, 5.41) is 297. The molecule has 0 amide bonds. The predicted octanol–water partition coefficient (Wildman–Crippen LogP) is -11.1. The maximum absolute atomic E-state index is 15.5. The highest BCUT2D eigenvalue weighted by Crippen LogP contribution is 2.76. The fourth-order valence-electron chi connectivity index (χ4n) is 24.4. The lowest BCUT2D eigenvalue weighted by molar-refractivity contribution is -0.391. The molecule has 0 bridgehead atoms. The Bertz CT molecular complexity index is 3910. The fraction of sp³-hybridized carbons (Fsp3) is 0.966. The Balaban J connectivity index is 0.553. The molecule has 0 aromatic heterocycles. The molecule has 48 heteroatoms. The molecule has 27 N–H and O–H groups in total. The SMILES string of the molecule is C[C@@H]1O[C@@H](O[C@@H]2CC[C@]3(C)[C@H](CC[C@]4(C)[C@@H]3CC=C3[C@H]5CC(C)(C)CC[C@]5(C(=O)O[C@@H]5O[C@H](CO[C@@H]6O[C@H](CO)[C@@H](O[C@@H]7O[C@H](CO)[C@@H](O[C@@H]8O[C@H](C)[C@@H](O)[C@H](O)[C@@H]8O)[C@H](O)[C@H]7O)[C@H](O)[C@H]6O)[C@@H](O)[C@H](O)[C@H]5O)CC[C@@]34C)C2(C)C)[C@H](O)[C@H](O)[C@H]1O[C@@H]1OC[C@H](O)[C@H](O)[C@H]1O[C@@H]1OC[C@H](O)[C@H](O)[C@H]1O[C@@H]1OC[C@@H](O[C@@H]2O[C@H](CO)[C@@H](O[C@@H]3O[C@H](CO)[C@@H](O)[C@H](O)[C@H]3O)[C@H](O)[C@H]2O)[C@H](O)[C@H]1O. The Morgan fingerprint density at radius 3 is 1.32 bits per heavy atom. The van der Waals surface area contributed by atoms with Crippen LogP contribution in [0.5, 0.6) is 0 Å². The van der Waals surface area contributed by atoms with Crippen molar-refractivity contribution in [3.8, 4) is 0 Å². The van der Waals surface area contributed by atoms with Crippen LogP contribution < -0.4 is 0 Å². The van der Waals surface area contributed by atoms with E-state index in [0.717, 1.165) is 18.4 Å². The van der Waals surface area contributed by atoms with Gasteiger partial charge in [-0.05, 0) is 123 Å². The average molecular weight is 1960 g/mol. The van der Waals surface area contributed by atoms with Gasteiger partial charge in [0.25, 0.3) is 0 Å². The zero-order valence-corrected chi connectivity index (χ0v) is 76.4. The second-order valence-electron chi connectivity index (χ2n) is 41.8. The summed E-state index contributed by atoms with van der Waals surface area (Å²) >= 11 is 0. The van der Waals surface area contributed by atoms with Gasteiger partial charge in [-0.2, -0.15) is 0 Å². The van der Waals surface area contributed by atoms with Crippen molar-refractivity contribution in [2.75, 3.05) is 52.9 Å². The largest absolute Gasteiger partial charge is 0.432 e. The molecule has 10 aliphatic heterocycles. The van der Waals surface area contributed by atoms with E-state index in [1.165, 1.54) is 6.92 Å². The molecule has 5 aliphatic carbocycles. The molecule has 14 fully saturated rings. The van der Waals surface area contributed by atoms with Crippen LogP contribution in [-0.2, 0) is 99.5 Å². The number of carbonyl (C=O) groups excluding carboxylic acids is 1. The number of fused-ring (bicyclic) bond motifs is 7. The molecule has 10 saturated heterocycles. The topological polar surface area (TPSA) is 748 Å². The predicted molar refractivity (Wildman–Crippen MR) is 438 cm³/mol. The zero-order valence-electron chi connectivity index (χ0n) is 76.4. The second kappa shape index (κ2) is 41.7. The monoisotopic (exact) mass is 1950 g/mol. The molecule has 10 heterocycles. The molecule has 0 aromatic carbocycles. The molecule has 15 rings (SSSR count). The number of esters is 1. The molecule has 15 aliphatic rings. The van der Waals surface area contributed by atoms with Crippen LogP contribution >= 0.6 is 0 Å². The molecule has 55 atom stereocenters. The quantitative estimate of drug-likeness (QED) is 0.0229. The van der Waals surface area contributed by atoms with Crippen molar-refractivity contribution in [3.63, 3.8) is 0 Å². The Morgan fingerprint density at radius 2 is 0.770 bits per heavy atom. The van der Waals surface area contributed by atoms with Crippen molar-refractivity contribution in [2.45, 2.75) is 421 Å². The van der Waals surface area contributed by atoms with Crippen LogP contribution in [-0.4, -0.2) is 492 Å². The van der Waals surface area contributed by atoms with Gasteiger partial charge in [0.05, 0.1) is 76.6 Å². The summed E-state index contributed by atoms with van der Waals surface area (Å²) in [6.07, 6.45) is -75.6. The van der Waals surface area contributed by atoms with E-state index >= 15 is 4.79 Å². The first kappa shape index (κ1) is 107. The van der Waals surface area contributed by atoms with Crippen molar-refractivity contribution in [2.24, 2.45) is 50.2 Å². The maximum atomic E-state index is 15.5. The first-order chi connectivity index (χ1) is 63.5. The van der Waals surface area contributed by atoms with Crippen LogP contribution in [0, 0.1) is 50.2 Å². The lowest BCUT2D eigenvalue weighted by Crippen LogP contribution is -2.67. The highest BCUT2D eigenvalue weighted by molar-refractivity contribution is 5.79. The number of carbonyl (C=O) groups is 1. The first-order valence-electron chi connectivity index (χ1n) is 46.8. The van der Waals surface area contributed by atoms with Gasteiger partial charge in [0.2, 0.25) is 6.29 Å². The van der Waals surface area contributed by atoms with Crippen LogP contribution in [0.25, 0.3) is 0 Å². The van der Waals surface area contributed by atoms with Crippen LogP contribution in [0.1, 0.15) is 127 Å². The highest BCUT2D eigenvalue weighted by atomic mass is 16.8. The van der Waals surface area contributed by atoms with Crippen molar-refractivity contribution in [1.82, 2.24) is 0 Å². The second-order valence-corrected chi connectivity index (χ2v) is 41.8. The zero-order chi connectivity index (χ0) is 98.2.